The molecule has 25 heavy (non-hydrogen) atoms. The molecule has 0 atom stereocenters. The van der Waals surface area contributed by atoms with Crippen LogP contribution in [0.2, 0.25) is 0 Å². The molecule has 132 valence electrons. The van der Waals surface area contributed by atoms with Crippen molar-refractivity contribution in [1.29, 1.82) is 0 Å². The Morgan fingerprint density at radius 3 is 2.44 bits per heavy atom. The smallest absolute Gasteiger partial charge is 0.366 e. The van der Waals surface area contributed by atoms with Crippen molar-refractivity contribution in [2.45, 2.75) is 13.8 Å². The molecule has 0 bridgehead atoms. The predicted molar refractivity (Wildman–Crippen MR) is 93.3 cm³/mol. The monoisotopic (exact) mass is 364 g/mol. The molecule has 3 aromatic rings. The highest BCUT2D eigenvalue weighted by Crippen LogP contribution is 2.47. The molecule has 0 radical (unpaired) electrons. The van der Waals surface area contributed by atoms with E-state index < -0.39 is 7.60 Å². The number of nitrogen functional groups attached to an aromatic ring is 1. The molecule has 0 fully saturated rings. The van der Waals surface area contributed by atoms with Crippen molar-refractivity contribution >= 4 is 24.4 Å². The Bertz CT molecular complexity index is 932. The minimum atomic E-state index is -3.57. The summed E-state index contributed by atoms with van der Waals surface area (Å²) in [7, 11) is -3.57. The first-order valence-corrected chi connectivity index (χ1v) is 9.32. The molecule has 2 aromatic heterocycles. The summed E-state index contributed by atoms with van der Waals surface area (Å²) in [6.45, 7) is 3.87. The quantitative estimate of drug-likeness (QED) is 0.676. The summed E-state index contributed by atoms with van der Waals surface area (Å²) < 4.78 is 38.3. The van der Waals surface area contributed by atoms with Gasteiger partial charge in [-0.25, -0.2) is 9.37 Å². The molecule has 0 aliphatic heterocycles. The molecule has 0 aliphatic rings. The van der Waals surface area contributed by atoms with Crippen LogP contribution < -0.4 is 11.0 Å². The van der Waals surface area contributed by atoms with Gasteiger partial charge in [-0.05, 0) is 38.1 Å². The third-order valence-corrected chi connectivity index (χ3v) is 5.62. The maximum atomic E-state index is 13.1. The third kappa shape index (κ3) is 3.28. The summed E-state index contributed by atoms with van der Waals surface area (Å²) in [4.78, 5) is 4.49. The maximum absolute atomic E-state index is 13.1. The van der Waals surface area contributed by atoms with Gasteiger partial charge < -0.3 is 14.8 Å². The van der Waals surface area contributed by atoms with E-state index in [0.29, 0.717) is 17.1 Å². The van der Waals surface area contributed by atoms with Gasteiger partial charge in [-0.15, -0.1) is 0 Å². The Balaban J connectivity index is 2.19. The van der Waals surface area contributed by atoms with Crippen LogP contribution in [0.25, 0.3) is 16.9 Å². The second kappa shape index (κ2) is 6.92. The van der Waals surface area contributed by atoms with Crippen molar-refractivity contribution in [3.05, 3.63) is 42.3 Å². The van der Waals surface area contributed by atoms with Crippen LogP contribution in [0.5, 0.6) is 0 Å². The lowest BCUT2D eigenvalue weighted by molar-refractivity contribution is 0.230. The van der Waals surface area contributed by atoms with Crippen LogP contribution in [0.4, 0.5) is 10.2 Å². The first kappa shape index (κ1) is 17.5. The van der Waals surface area contributed by atoms with Gasteiger partial charge in [-0.1, -0.05) is 0 Å². The van der Waals surface area contributed by atoms with Crippen molar-refractivity contribution in [3.63, 3.8) is 0 Å². The molecule has 0 saturated carbocycles. The predicted octanol–water partition coefficient (Wildman–Crippen LogP) is 3.01. The highest BCUT2D eigenvalue weighted by atomic mass is 31.2. The molecule has 0 spiro atoms. The fraction of sp³-hybridized carbons (Fsp3) is 0.250. The summed E-state index contributed by atoms with van der Waals surface area (Å²) in [5.74, 6) is -0.0462. The van der Waals surface area contributed by atoms with E-state index in [2.05, 4.69) is 10.1 Å². The molecule has 7 nitrogen and oxygen atoms in total. The van der Waals surface area contributed by atoms with Crippen LogP contribution in [0.3, 0.4) is 0 Å². The minimum Gasteiger partial charge on any atom is -0.384 e. The number of rotatable bonds is 6. The van der Waals surface area contributed by atoms with E-state index in [1.54, 1.807) is 32.0 Å². The number of halogens is 1. The second-order valence-electron chi connectivity index (χ2n) is 5.17. The lowest BCUT2D eigenvalue weighted by atomic mass is 10.1. The summed E-state index contributed by atoms with van der Waals surface area (Å²) >= 11 is 0. The van der Waals surface area contributed by atoms with Crippen LogP contribution in [-0.4, -0.2) is 27.8 Å². The first-order chi connectivity index (χ1) is 12.0. The summed E-state index contributed by atoms with van der Waals surface area (Å²) in [6.07, 6.45) is 1.39. The molecule has 0 saturated heterocycles. The van der Waals surface area contributed by atoms with Gasteiger partial charge in [0.2, 0.25) is 0 Å². The van der Waals surface area contributed by atoms with E-state index in [-0.39, 0.29) is 30.0 Å². The standard InChI is InChI=1S/C16H18FN4O3P/c1-3-23-25(22,24-4-2)14-10-19-21-15(18)9-13(20-16(14)21)11-5-7-12(17)8-6-11/h5-10H,3-4,18H2,1-2H3. The summed E-state index contributed by atoms with van der Waals surface area (Å²) in [6, 6.07) is 7.46. The molecule has 0 aliphatic carbocycles. The van der Waals surface area contributed by atoms with E-state index in [4.69, 9.17) is 14.8 Å². The van der Waals surface area contributed by atoms with Crippen LogP contribution in [-0.2, 0) is 13.6 Å². The number of hydrogen-bond donors (Lipinski definition) is 1. The second-order valence-corrected chi connectivity index (χ2v) is 7.16. The normalized spacial score (nSPS) is 12.0. The average molecular weight is 364 g/mol. The fourth-order valence-corrected chi connectivity index (χ4v) is 4.07. The van der Waals surface area contributed by atoms with Crippen molar-refractivity contribution in [2.75, 3.05) is 18.9 Å². The van der Waals surface area contributed by atoms with Gasteiger partial charge in [0.15, 0.2) is 5.65 Å². The SMILES string of the molecule is CCOP(=O)(OCC)c1cnn2c(N)cc(-c3ccc(F)cc3)nc12. The third-order valence-electron chi connectivity index (χ3n) is 3.51. The van der Waals surface area contributed by atoms with E-state index in [1.165, 1.54) is 22.8 Å². The Kier molecular flexibility index (Phi) is 4.85. The molecule has 3 rings (SSSR count). The van der Waals surface area contributed by atoms with Crippen LogP contribution in [0.1, 0.15) is 13.8 Å². The van der Waals surface area contributed by atoms with Gasteiger partial charge in [0, 0.05) is 11.6 Å². The Morgan fingerprint density at radius 2 is 1.84 bits per heavy atom. The largest absolute Gasteiger partial charge is 0.384 e. The molecule has 2 N–H and O–H groups in total. The Hall–Kier alpha value is -2.28. The number of benzene rings is 1. The average Bonchev–Trinajstić information content (AvgIpc) is 3.01. The van der Waals surface area contributed by atoms with Crippen molar-refractivity contribution in [3.8, 4) is 11.3 Å². The topological polar surface area (TPSA) is 91.7 Å². The number of aromatic nitrogens is 3. The Morgan fingerprint density at radius 1 is 1.20 bits per heavy atom. The van der Waals surface area contributed by atoms with E-state index >= 15 is 0 Å². The number of nitrogens with zero attached hydrogens (tertiary/aromatic N) is 3. The van der Waals surface area contributed by atoms with E-state index in [0.717, 1.165) is 0 Å². The number of anilines is 1. The highest BCUT2D eigenvalue weighted by Gasteiger charge is 2.32. The zero-order valence-corrected chi connectivity index (χ0v) is 14.7. The van der Waals surface area contributed by atoms with Crippen molar-refractivity contribution in [1.82, 2.24) is 14.6 Å². The minimum absolute atomic E-state index is 0.210. The van der Waals surface area contributed by atoms with Crippen molar-refractivity contribution < 1.29 is 18.0 Å². The molecular formula is C16H18FN4O3P. The van der Waals surface area contributed by atoms with Crippen LogP contribution in [0, 0.1) is 5.82 Å². The number of fused-ring (bicyclic) bond motifs is 1. The van der Waals surface area contributed by atoms with Crippen molar-refractivity contribution in [2.24, 2.45) is 0 Å². The van der Waals surface area contributed by atoms with Gasteiger partial charge >= 0.3 is 7.60 Å². The maximum Gasteiger partial charge on any atom is 0.366 e. The van der Waals surface area contributed by atoms with Crippen LogP contribution >= 0.6 is 7.60 Å². The molecule has 0 amide bonds. The first-order valence-electron chi connectivity index (χ1n) is 7.78. The highest BCUT2D eigenvalue weighted by molar-refractivity contribution is 7.62. The lowest BCUT2D eigenvalue weighted by Gasteiger charge is -2.15. The van der Waals surface area contributed by atoms with Gasteiger partial charge in [0.05, 0.1) is 25.1 Å². The number of nitrogens with two attached hydrogens (primary N) is 1. The van der Waals surface area contributed by atoms with Gasteiger partial charge in [0.25, 0.3) is 0 Å². The summed E-state index contributed by atoms with van der Waals surface area (Å²) in [5.41, 5.74) is 7.50. The molecule has 0 unspecified atom stereocenters. The van der Waals surface area contributed by atoms with E-state index in [1.807, 2.05) is 0 Å². The zero-order chi connectivity index (χ0) is 18.0. The van der Waals surface area contributed by atoms with E-state index in [9.17, 15) is 8.96 Å². The van der Waals surface area contributed by atoms with Gasteiger partial charge in [-0.3, -0.25) is 4.57 Å². The molecule has 2 heterocycles. The zero-order valence-electron chi connectivity index (χ0n) is 13.8. The van der Waals surface area contributed by atoms with Crippen LogP contribution in [0.15, 0.2) is 36.5 Å². The molecular weight excluding hydrogens is 346 g/mol. The lowest BCUT2D eigenvalue weighted by Crippen LogP contribution is -2.12. The molecule has 1 aromatic carbocycles. The fourth-order valence-electron chi connectivity index (χ4n) is 2.45. The van der Waals surface area contributed by atoms with Gasteiger partial charge in [-0.2, -0.15) is 9.61 Å². The van der Waals surface area contributed by atoms with Gasteiger partial charge in [0.1, 0.15) is 16.9 Å². The number of hydrogen-bond acceptors (Lipinski definition) is 6. The molecule has 9 heteroatoms. The summed E-state index contributed by atoms with van der Waals surface area (Å²) in [5, 5.41) is 4.38. The Labute approximate surface area is 144 Å².